The molecule has 0 bridgehead atoms. The number of pyridine rings is 1. The fraction of sp³-hybridized carbons (Fsp3) is 0.286. The summed E-state index contributed by atoms with van der Waals surface area (Å²) in [6, 6.07) is 2.80. The summed E-state index contributed by atoms with van der Waals surface area (Å²) in [4.78, 5) is 3.44. The maximum atomic E-state index is 11.7. The monoisotopic (exact) mass is 160 g/mol. The van der Waals surface area contributed by atoms with Crippen molar-refractivity contribution in [3.63, 3.8) is 0 Å². The lowest BCUT2D eigenvalue weighted by molar-refractivity contribution is -0.127. The third-order valence-electron chi connectivity index (χ3n) is 1.06. The molecular formula is C7H5F3N. The van der Waals surface area contributed by atoms with E-state index in [0.717, 1.165) is 0 Å². The summed E-state index contributed by atoms with van der Waals surface area (Å²) in [7, 11) is 0. The number of halogens is 3. The molecule has 0 aromatic carbocycles. The highest BCUT2D eigenvalue weighted by molar-refractivity contribution is 5.08. The zero-order chi connectivity index (χ0) is 8.32. The predicted octanol–water partition coefficient (Wildman–Crippen LogP) is 1.99. The zero-order valence-electron chi connectivity index (χ0n) is 5.52. The molecule has 59 valence electrons. The molecule has 0 unspecified atom stereocenters. The maximum Gasteiger partial charge on any atom is 0.393 e. The van der Waals surface area contributed by atoms with Crippen LogP contribution in [0, 0.1) is 6.20 Å². The van der Waals surface area contributed by atoms with Crippen LogP contribution in [0.1, 0.15) is 5.56 Å². The zero-order valence-corrected chi connectivity index (χ0v) is 5.52. The summed E-state index contributed by atoms with van der Waals surface area (Å²) in [5, 5.41) is 0. The molecule has 0 saturated heterocycles. The first-order valence-electron chi connectivity index (χ1n) is 2.96. The van der Waals surface area contributed by atoms with Gasteiger partial charge in [-0.3, -0.25) is 4.98 Å². The molecular weight excluding hydrogens is 155 g/mol. The molecule has 1 aromatic heterocycles. The summed E-state index contributed by atoms with van der Waals surface area (Å²) in [6.45, 7) is 0. The van der Waals surface area contributed by atoms with Gasteiger partial charge >= 0.3 is 6.18 Å². The van der Waals surface area contributed by atoms with E-state index < -0.39 is 12.6 Å². The van der Waals surface area contributed by atoms with Crippen LogP contribution < -0.4 is 0 Å². The Morgan fingerprint density at radius 2 is 2.18 bits per heavy atom. The van der Waals surface area contributed by atoms with Crippen LogP contribution in [-0.2, 0) is 6.42 Å². The lowest BCUT2D eigenvalue weighted by Gasteiger charge is -2.03. The molecule has 1 radical (unpaired) electrons. The van der Waals surface area contributed by atoms with Crippen LogP contribution in [0.3, 0.4) is 0 Å². The smallest absolute Gasteiger partial charge is 0.254 e. The molecule has 11 heavy (non-hydrogen) atoms. The van der Waals surface area contributed by atoms with Crippen molar-refractivity contribution in [2.45, 2.75) is 12.6 Å². The van der Waals surface area contributed by atoms with E-state index in [4.69, 9.17) is 0 Å². The van der Waals surface area contributed by atoms with Crippen LogP contribution in [-0.4, -0.2) is 11.2 Å². The Bertz CT molecular complexity index is 217. The van der Waals surface area contributed by atoms with Crippen LogP contribution in [0.4, 0.5) is 13.2 Å². The van der Waals surface area contributed by atoms with E-state index in [0.29, 0.717) is 0 Å². The molecule has 1 rings (SSSR count). The second-order valence-electron chi connectivity index (χ2n) is 2.07. The fourth-order valence-corrected chi connectivity index (χ4v) is 0.674. The van der Waals surface area contributed by atoms with Gasteiger partial charge in [-0.05, 0) is 11.6 Å². The Kier molecular flexibility index (Phi) is 2.12. The van der Waals surface area contributed by atoms with Crippen LogP contribution in [0.15, 0.2) is 18.3 Å². The van der Waals surface area contributed by atoms with Crippen LogP contribution in [0.25, 0.3) is 0 Å². The summed E-state index contributed by atoms with van der Waals surface area (Å²) in [5.41, 5.74) is 0.0694. The van der Waals surface area contributed by atoms with Gasteiger partial charge in [-0.1, -0.05) is 6.07 Å². The number of rotatable bonds is 1. The van der Waals surface area contributed by atoms with Gasteiger partial charge in [0.15, 0.2) is 0 Å². The molecule has 1 heterocycles. The quantitative estimate of drug-likeness (QED) is 0.612. The summed E-state index contributed by atoms with van der Waals surface area (Å²) in [5.74, 6) is 0. The lowest BCUT2D eigenvalue weighted by Crippen LogP contribution is -2.11. The van der Waals surface area contributed by atoms with Gasteiger partial charge in [0, 0.05) is 6.20 Å². The van der Waals surface area contributed by atoms with Crippen molar-refractivity contribution in [2.75, 3.05) is 0 Å². The molecule has 0 aliphatic carbocycles. The van der Waals surface area contributed by atoms with Crippen LogP contribution >= 0.6 is 0 Å². The van der Waals surface area contributed by atoms with Gasteiger partial charge in [-0.25, -0.2) is 0 Å². The molecule has 0 atom stereocenters. The summed E-state index contributed by atoms with van der Waals surface area (Å²) >= 11 is 0. The average Bonchev–Trinajstić information content (AvgIpc) is 1.85. The Labute approximate surface area is 61.9 Å². The van der Waals surface area contributed by atoms with E-state index in [1.54, 1.807) is 0 Å². The molecule has 1 aromatic rings. The van der Waals surface area contributed by atoms with Crippen molar-refractivity contribution in [1.82, 2.24) is 4.98 Å². The Morgan fingerprint density at radius 1 is 1.45 bits per heavy atom. The molecule has 0 aliphatic rings. The minimum Gasteiger partial charge on any atom is -0.254 e. The molecule has 0 aliphatic heterocycles. The SMILES string of the molecule is FC(F)(F)Cc1[c]nccc1. The van der Waals surface area contributed by atoms with Crippen molar-refractivity contribution >= 4 is 0 Å². The highest BCUT2D eigenvalue weighted by Gasteiger charge is 2.27. The Hall–Kier alpha value is -1.06. The molecule has 0 N–H and O–H groups in total. The van der Waals surface area contributed by atoms with Gasteiger partial charge in [-0.15, -0.1) is 0 Å². The number of alkyl halides is 3. The van der Waals surface area contributed by atoms with E-state index in [9.17, 15) is 13.2 Å². The number of hydrogen-bond acceptors (Lipinski definition) is 1. The third kappa shape index (κ3) is 3.02. The topological polar surface area (TPSA) is 12.9 Å². The standard InChI is InChI=1S/C7H5F3N/c8-7(9,10)4-6-2-1-3-11-5-6/h1-3H,4H2. The first kappa shape index (κ1) is 8.04. The van der Waals surface area contributed by atoms with Crippen LogP contribution in [0.5, 0.6) is 0 Å². The van der Waals surface area contributed by atoms with E-state index >= 15 is 0 Å². The van der Waals surface area contributed by atoms with Gasteiger partial charge < -0.3 is 0 Å². The minimum atomic E-state index is -4.17. The van der Waals surface area contributed by atoms with Crippen molar-refractivity contribution in [3.8, 4) is 0 Å². The maximum absolute atomic E-state index is 11.7. The van der Waals surface area contributed by atoms with Gasteiger partial charge in [0.25, 0.3) is 0 Å². The summed E-state index contributed by atoms with van der Waals surface area (Å²) in [6.07, 6.45) is -1.48. The van der Waals surface area contributed by atoms with Crippen molar-refractivity contribution in [3.05, 3.63) is 30.1 Å². The highest BCUT2D eigenvalue weighted by atomic mass is 19.4. The Balaban J connectivity index is 2.66. The largest absolute Gasteiger partial charge is 0.393 e. The minimum absolute atomic E-state index is 0.0694. The van der Waals surface area contributed by atoms with Crippen molar-refractivity contribution in [2.24, 2.45) is 0 Å². The average molecular weight is 160 g/mol. The molecule has 0 fully saturated rings. The molecule has 1 nitrogen and oxygen atoms in total. The van der Waals surface area contributed by atoms with Gasteiger partial charge in [0.2, 0.25) is 0 Å². The third-order valence-corrected chi connectivity index (χ3v) is 1.06. The van der Waals surface area contributed by atoms with Crippen molar-refractivity contribution in [1.29, 1.82) is 0 Å². The van der Waals surface area contributed by atoms with Gasteiger partial charge in [-0.2, -0.15) is 13.2 Å². The molecule has 0 saturated carbocycles. The predicted molar refractivity (Wildman–Crippen MR) is 32.8 cm³/mol. The number of aromatic nitrogens is 1. The highest BCUT2D eigenvalue weighted by Crippen LogP contribution is 2.19. The normalized spacial score (nSPS) is 11.5. The number of hydrogen-bond donors (Lipinski definition) is 0. The second kappa shape index (κ2) is 2.90. The van der Waals surface area contributed by atoms with Crippen LogP contribution in [0.2, 0.25) is 0 Å². The van der Waals surface area contributed by atoms with Gasteiger partial charge in [0.05, 0.1) is 12.6 Å². The van der Waals surface area contributed by atoms with E-state index in [1.165, 1.54) is 18.3 Å². The van der Waals surface area contributed by atoms with E-state index in [1.807, 2.05) is 0 Å². The Morgan fingerprint density at radius 3 is 2.64 bits per heavy atom. The fourth-order valence-electron chi connectivity index (χ4n) is 0.674. The van der Waals surface area contributed by atoms with Crippen molar-refractivity contribution < 1.29 is 13.2 Å². The molecule has 0 amide bonds. The lowest BCUT2D eigenvalue weighted by atomic mass is 10.2. The van der Waals surface area contributed by atoms with Gasteiger partial charge in [0.1, 0.15) is 0 Å². The van der Waals surface area contributed by atoms with E-state index in [-0.39, 0.29) is 5.56 Å². The number of nitrogens with zero attached hydrogens (tertiary/aromatic N) is 1. The first-order valence-corrected chi connectivity index (χ1v) is 2.96. The molecule has 4 heteroatoms. The summed E-state index contributed by atoms with van der Waals surface area (Å²) < 4.78 is 35.1. The molecule has 0 spiro atoms. The second-order valence-corrected chi connectivity index (χ2v) is 2.07. The van der Waals surface area contributed by atoms with E-state index in [2.05, 4.69) is 11.2 Å². The first-order chi connectivity index (χ1) is 5.08.